The van der Waals surface area contributed by atoms with Crippen molar-refractivity contribution in [3.05, 3.63) is 76.6 Å². The van der Waals surface area contributed by atoms with E-state index in [-0.39, 0.29) is 5.91 Å². The van der Waals surface area contributed by atoms with Crippen LogP contribution in [0.25, 0.3) is 0 Å². The third kappa shape index (κ3) is 5.09. The number of nitrogens with zero attached hydrogens (tertiary/aromatic N) is 2. The number of benzene rings is 2. The molecule has 0 spiro atoms. The summed E-state index contributed by atoms with van der Waals surface area (Å²) in [6.45, 7) is 5.04. The smallest absolute Gasteiger partial charge is 0.235 e. The highest BCUT2D eigenvalue weighted by atomic mass is 35.5. The first-order valence-electron chi connectivity index (χ1n) is 10.2. The number of carbonyl (C=O) groups is 1. The lowest BCUT2D eigenvalue weighted by molar-refractivity contribution is -0.125. The molecule has 1 N–H and O–H groups in total. The summed E-state index contributed by atoms with van der Waals surface area (Å²) in [6.07, 6.45) is 1.27. The molecule has 4 rings (SSSR count). The second kappa shape index (κ2) is 9.39. The number of carbonyl (C=O) groups excluding carboxylic acids is 1. The zero-order valence-corrected chi connectivity index (χ0v) is 19.1. The van der Waals surface area contributed by atoms with Crippen LogP contribution in [0.15, 0.2) is 64.6 Å². The SMILES string of the molecule is Cc1cc(C)nc(Sc2ccc(NC(=O)C3(c4ccc(Cl)cc4)CCOCC3)cc2)n1. The van der Waals surface area contributed by atoms with E-state index in [1.54, 1.807) is 0 Å². The van der Waals surface area contributed by atoms with Crippen LogP contribution in [-0.4, -0.2) is 29.1 Å². The van der Waals surface area contributed by atoms with E-state index in [0.29, 0.717) is 31.1 Å². The van der Waals surface area contributed by atoms with Gasteiger partial charge in [-0.15, -0.1) is 0 Å². The van der Waals surface area contributed by atoms with Gasteiger partial charge in [-0.25, -0.2) is 9.97 Å². The molecule has 1 fully saturated rings. The summed E-state index contributed by atoms with van der Waals surface area (Å²) in [7, 11) is 0. The van der Waals surface area contributed by atoms with Gasteiger partial charge in [0.05, 0.1) is 5.41 Å². The van der Waals surface area contributed by atoms with E-state index in [1.165, 1.54) is 11.8 Å². The van der Waals surface area contributed by atoms with Gasteiger partial charge in [0, 0.05) is 40.2 Å². The summed E-state index contributed by atoms with van der Waals surface area (Å²) >= 11 is 7.56. The van der Waals surface area contributed by atoms with Crippen molar-refractivity contribution in [1.82, 2.24) is 9.97 Å². The first-order chi connectivity index (χ1) is 14.9. The topological polar surface area (TPSA) is 64.1 Å². The Morgan fingerprint density at radius 2 is 1.61 bits per heavy atom. The van der Waals surface area contributed by atoms with Crippen molar-refractivity contribution in [2.45, 2.75) is 42.2 Å². The van der Waals surface area contributed by atoms with Gasteiger partial charge in [-0.2, -0.15) is 0 Å². The Labute approximate surface area is 191 Å². The second-order valence-corrected chi connectivity index (χ2v) is 9.19. The minimum atomic E-state index is -0.622. The Morgan fingerprint density at radius 3 is 2.23 bits per heavy atom. The predicted octanol–water partition coefficient (Wildman–Crippen LogP) is 5.58. The molecule has 2 aromatic carbocycles. The summed E-state index contributed by atoms with van der Waals surface area (Å²) < 4.78 is 5.54. The Morgan fingerprint density at radius 1 is 1.00 bits per heavy atom. The van der Waals surface area contributed by atoms with Crippen molar-refractivity contribution in [2.75, 3.05) is 18.5 Å². The van der Waals surface area contributed by atoms with Crippen LogP contribution < -0.4 is 5.32 Å². The molecule has 5 nitrogen and oxygen atoms in total. The standard InChI is InChI=1S/C24H24ClN3O2S/c1-16-15-17(2)27-23(26-16)31-21-9-7-20(8-10-21)28-22(29)24(11-13-30-14-12-24)18-3-5-19(25)6-4-18/h3-10,15H,11-14H2,1-2H3,(H,28,29). The highest BCUT2D eigenvalue weighted by molar-refractivity contribution is 7.99. The first-order valence-corrected chi connectivity index (χ1v) is 11.4. The van der Waals surface area contributed by atoms with Crippen LogP contribution in [0.1, 0.15) is 29.8 Å². The van der Waals surface area contributed by atoms with Crippen molar-refractivity contribution in [3.63, 3.8) is 0 Å². The van der Waals surface area contributed by atoms with Crippen molar-refractivity contribution in [2.24, 2.45) is 0 Å². The monoisotopic (exact) mass is 453 g/mol. The number of aryl methyl sites for hydroxylation is 2. The van der Waals surface area contributed by atoms with Crippen molar-refractivity contribution >= 4 is 35.0 Å². The molecule has 0 saturated carbocycles. The molecule has 0 aliphatic carbocycles. The molecule has 2 heterocycles. The number of rotatable bonds is 5. The van der Waals surface area contributed by atoms with E-state index >= 15 is 0 Å². The molecule has 1 aromatic heterocycles. The van der Waals surface area contributed by atoms with E-state index < -0.39 is 5.41 Å². The maximum Gasteiger partial charge on any atom is 0.235 e. The highest BCUT2D eigenvalue weighted by Crippen LogP contribution is 2.37. The molecule has 0 radical (unpaired) electrons. The van der Waals surface area contributed by atoms with Crippen molar-refractivity contribution < 1.29 is 9.53 Å². The summed E-state index contributed by atoms with van der Waals surface area (Å²) in [5.41, 5.74) is 3.00. The average Bonchev–Trinajstić information content (AvgIpc) is 2.75. The zero-order valence-electron chi connectivity index (χ0n) is 17.5. The predicted molar refractivity (Wildman–Crippen MR) is 124 cm³/mol. The van der Waals surface area contributed by atoms with Gasteiger partial charge >= 0.3 is 0 Å². The van der Waals surface area contributed by atoms with Crippen molar-refractivity contribution in [3.8, 4) is 0 Å². The maximum atomic E-state index is 13.4. The van der Waals surface area contributed by atoms with E-state index in [1.807, 2.05) is 68.4 Å². The van der Waals surface area contributed by atoms with Gasteiger partial charge in [-0.3, -0.25) is 4.79 Å². The van der Waals surface area contributed by atoms with Crippen LogP contribution >= 0.6 is 23.4 Å². The molecular formula is C24H24ClN3O2S. The molecule has 31 heavy (non-hydrogen) atoms. The molecule has 160 valence electrons. The quantitative estimate of drug-likeness (QED) is 0.510. The molecule has 1 aliphatic rings. The summed E-state index contributed by atoms with van der Waals surface area (Å²) in [4.78, 5) is 23.4. The lowest BCUT2D eigenvalue weighted by Crippen LogP contribution is -2.44. The molecule has 1 saturated heterocycles. The zero-order chi connectivity index (χ0) is 21.8. The minimum absolute atomic E-state index is 0.0174. The van der Waals surface area contributed by atoms with Gasteiger partial charge in [0.25, 0.3) is 0 Å². The lowest BCUT2D eigenvalue weighted by Gasteiger charge is -2.36. The molecule has 3 aromatic rings. The minimum Gasteiger partial charge on any atom is -0.381 e. The fourth-order valence-electron chi connectivity index (χ4n) is 3.84. The molecule has 1 aliphatic heterocycles. The number of hydrogen-bond acceptors (Lipinski definition) is 5. The Bertz CT molecular complexity index is 1040. The molecule has 1 amide bonds. The van der Waals surface area contributed by atoms with Crippen molar-refractivity contribution in [1.29, 1.82) is 0 Å². The number of halogens is 1. The van der Waals surface area contributed by atoms with Gasteiger partial charge in [0.1, 0.15) is 0 Å². The fourth-order valence-corrected chi connectivity index (χ4v) is 4.83. The number of aromatic nitrogens is 2. The summed E-state index contributed by atoms with van der Waals surface area (Å²) in [6, 6.07) is 17.3. The number of amides is 1. The van der Waals surface area contributed by atoms with Gasteiger partial charge in [-0.05, 0) is 86.5 Å². The van der Waals surface area contributed by atoms with Crippen LogP contribution in [-0.2, 0) is 14.9 Å². The molecule has 0 bridgehead atoms. The van der Waals surface area contributed by atoms with Crippen LogP contribution in [0.3, 0.4) is 0 Å². The molecule has 0 unspecified atom stereocenters. The lowest BCUT2D eigenvalue weighted by atomic mass is 9.73. The van der Waals surface area contributed by atoms with Crippen LogP contribution in [0.4, 0.5) is 5.69 Å². The number of nitrogens with one attached hydrogen (secondary N) is 1. The highest BCUT2D eigenvalue weighted by Gasteiger charge is 2.41. The fraction of sp³-hybridized carbons (Fsp3) is 0.292. The van der Waals surface area contributed by atoms with Crippen LogP contribution in [0.2, 0.25) is 5.02 Å². The van der Waals surface area contributed by atoms with Gasteiger partial charge < -0.3 is 10.1 Å². The third-order valence-corrected chi connectivity index (χ3v) is 6.59. The van der Waals surface area contributed by atoms with Gasteiger partial charge in [-0.1, -0.05) is 23.7 Å². The van der Waals surface area contributed by atoms with Crippen LogP contribution in [0.5, 0.6) is 0 Å². The van der Waals surface area contributed by atoms with Gasteiger partial charge in [0.15, 0.2) is 5.16 Å². The Hall–Kier alpha value is -2.41. The number of ether oxygens (including phenoxy) is 1. The van der Waals surface area contributed by atoms with E-state index in [4.69, 9.17) is 16.3 Å². The molecular weight excluding hydrogens is 430 g/mol. The molecule has 7 heteroatoms. The van der Waals surface area contributed by atoms with E-state index in [0.717, 1.165) is 32.7 Å². The first kappa shape index (κ1) is 21.8. The Kier molecular flexibility index (Phi) is 6.60. The largest absolute Gasteiger partial charge is 0.381 e. The number of anilines is 1. The molecule has 0 atom stereocenters. The summed E-state index contributed by atoms with van der Waals surface area (Å²) in [5.74, 6) is -0.0174. The average molecular weight is 454 g/mol. The summed E-state index contributed by atoms with van der Waals surface area (Å²) in [5, 5.41) is 4.49. The normalized spacial score (nSPS) is 15.5. The Balaban J connectivity index is 1.50. The van der Waals surface area contributed by atoms with Crippen LogP contribution in [0, 0.1) is 13.8 Å². The number of hydrogen-bond donors (Lipinski definition) is 1. The van der Waals surface area contributed by atoms with E-state index in [9.17, 15) is 4.79 Å². The van der Waals surface area contributed by atoms with E-state index in [2.05, 4.69) is 15.3 Å². The van der Waals surface area contributed by atoms with Gasteiger partial charge in [0.2, 0.25) is 5.91 Å². The maximum absolute atomic E-state index is 13.4. The third-order valence-electron chi connectivity index (χ3n) is 5.46. The second-order valence-electron chi connectivity index (χ2n) is 7.72.